The summed E-state index contributed by atoms with van der Waals surface area (Å²) in [4.78, 5) is 47.9. The Bertz CT molecular complexity index is 1050. The molecule has 2 aliphatic rings. The standard InChI is InChI=1S/C23H25ClN4O4/c1-15(2)27-12-20(29)28(11-16-4-6-17(24)7-5-16)23(22(27)31)13-26(14-23)18-8-9-25-19(10-18)21(30)32-3/h4-10,15H,11-14H2,1-3H3. The number of pyridine rings is 1. The average Bonchev–Trinajstić information content (AvgIpc) is 2.75. The molecule has 9 heteroatoms. The Hall–Kier alpha value is -3.13. The van der Waals surface area contributed by atoms with Crippen LogP contribution in [-0.4, -0.2) is 70.9 Å². The summed E-state index contributed by atoms with van der Waals surface area (Å²) < 4.78 is 4.75. The van der Waals surface area contributed by atoms with Crippen LogP contribution in [0.4, 0.5) is 5.69 Å². The van der Waals surface area contributed by atoms with Gasteiger partial charge in [0.25, 0.3) is 5.91 Å². The summed E-state index contributed by atoms with van der Waals surface area (Å²) in [7, 11) is 1.30. The number of hydrogen-bond acceptors (Lipinski definition) is 6. The predicted molar refractivity (Wildman–Crippen MR) is 119 cm³/mol. The summed E-state index contributed by atoms with van der Waals surface area (Å²) in [6.45, 7) is 4.88. The molecule has 1 aromatic carbocycles. The van der Waals surface area contributed by atoms with Gasteiger partial charge in [0.15, 0.2) is 5.54 Å². The molecule has 168 valence electrons. The fourth-order valence-electron chi connectivity index (χ4n) is 4.26. The third-order valence-electron chi connectivity index (χ3n) is 6.07. The molecule has 1 spiro atoms. The minimum atomic E-state index is -0.964. The summed E-state index contributed by atoms with van der Waals surface area (Å²) in [5.74, 6) is -0.668. The third-order valence-corrected chi connectivity index (χ3v) is 6.32. The Balaban J connectivity index is 1.63. The molecule has 0 N–H and O–H groups in total. The van der Waals surface area contributed by atoms with E-state index in [0.717, 1.165) is 11.3 Å². The molecule has 8 nitrogen and oxygen atoms in total. The minimum Gasteiger partial charge on any atom is -0.464 e. The lowest BCUT2D eigenvalue weighted by molar-refractivity contribution is -0.170. The molecule has 3 heterocycles. The number of rotatable bonds is 5. The minimum absolute atomic E-state index is 0.0560. The lowest BCUT2D eigenvalue weighted by Gasteiger charge is -2.59. The molecule has 0 bridgehead atoms. The van der Waals surface area contributed by atoms with Gasteiger partial charge in [0.2, 0.25) is 5.91 Å². The molecule has 0 saturated carbocycles. The second-order valence-electron chi connectivity index (χ2n) is 8.41. The first-order chi connectivity index (χ1) is 15.2. The first-order valence-electron chi connectivity index (χ1n) is 10.4. The molecular weight excluding hydrogens is 432 g/mol. The molecule has 2 aliphatic heterocycles. The van der Waals surface area contributed by atoms with E-state index < -0.39 is 11.5 Å². The summed E-state index contributed by atoms with van der Waals surface area (Å²) in [6, 6.07) is 10.6. The first kappa shape index (κ1) is 22.1. The van der Waals surface area contributed by atoms with Gasteiger partial charge in [0.1, 0.15) is 12.2 Å². The number of carbonyl (C=O) groups excluding carboxylic acids is 3. The number of anilines is 1. The summed E-state index contributed by atoms with van der Waals surface area (Å²) in [5.41, 5.74) is 0.884. The highest BCUT2D eigenvalue weighted by Gasteiger charge is 2.59. The van der Waals surface area contributed by atoms with E-state index in [1.165, 1.54) is 13.3 Å². The van der Waals surface area contributed by atoms with Gasteiger partial charge in [-0.25, -0.2) is 9.78 Å². The molecule has 0 aliphatic carbocycles. The van der Waals surface area contributed by atoms with E-state index in [0.29, 0.717) is 24.7 Å². The summed E-state index contributed by atoms with van der Waals surface area (Å²) in [5, 5.41) is 0.615. The Morgan fingerprint density at radius 3 is 2.50 bits per heavy atom. The second kappa shape index (κ2) is 8.43. The Labute approximate surface area is 191 Å². The fourth-order valence-corrected chi connectivity index (χ4v) is 4.39. The molecular formula is C23H25ClN4O4. The molecule has 2 amide bonds. The van der Waals surface area contributed by atoms with Gasteiger partial charge in [-0.2, -0.15) is 0 Å². The number of esters is 1. The van der Waals surface area contributed by atoms with E-state index in [1.54, 1.807) is 34.1 Å². The van der Waals surface area contributed by atoms with Crippen LogP contribution in [0.5, 0.6) is 0 Å². The van der Waals surface area contributed by atoms with Crippen molar-refractivity contribution in [1.29, 1.82) is 0 Å². The predicted octanol–water partition coefficient (Wildman–Crippen LogP) is 2.36. The van der Waals surface area contributed by atoms with Crippen LogP contribution in [0.15, 0.2) is 42.6 Å². The van der Waals surface area contributed by atoms with Crippen molar-refractivity contribution in [3.63, 3.8) is 0 Å². The highest BCUT2D eigenvalue weighted by atomic mass is 35.5. The maximum Gasteiger partial charge on any atom is 0.356 e. The lowest BCUT2D eigenvalue weighted by atomic mass is 9.82. The first-order valence-corrected chi connectivity index (χ1v) is 10.8. The van der Waals surface area contributed by atoms with Gasteiger partial charge >= 0.3 is 5.97 Å². The van der Waals surface area contributed by atoms with Crippen LogP contribution in [0.1, 0.15) is 29.9 Å². The smallest absolute Gasteiger partial charge is 0.356 e. The summed E-state index contributed by atoms with van der Waals surface area (Å²) >= 11 is 6.00. The van der Waals surface area contributed by atoms with Gasteiger partial charge < -0.3 is 19.4 Å². The number of aromatic nitrogens is 1. The molecule has 1 aromatic heterocycles. The zero-order chi connectivity index (χ0) is 23.0. The molecule has 0 radical (unpaired) electrons. The number of nitrogens with zero attached hydrogens (tertiary/aromatic N) is 4. The monoisotopic (exact) mass is 456 g/mol. The maximum atomic E-state index is 13.6. The molecule has 2 fully saturated rings. The Morgan fingerprint density at radius 2 is 1.88 bits per heavy atom. The largest absolute Gasteiger partial charge is 0.464 e. The highest BCUT2D eigenvalue weighted by Crippen LogP contribution is 2.38. The van der Waals surface area contributed by atoms with Crippen LogP contribution in [0.2, 0.25) is 5.02 Å². The normalized spacial score (nSPS) is 17.7. The number of carbonyl (C=O) groups is 3. The van der Waals surface area contributed by atoms with Crippen molar-refractivity contribution in [2.45, 2.75) is 32.0 Å². The van der Waals surface area contributed by atoms with E-state index in [4.69, 9.17) is 16.3 Å². The number of amides is 2. The van der Waals surface area contributed by atoms with Crippen LogP contribution < -0.4 is 4.90 Å². The van der Waals surface area contributed by atoms with E-state index in [1.807, 2.05) is 30.9 Å². The van der Waals surface area contributed by atoms with E-state index in [9.17, 15) is 14.4 Å². The lowest BCUT2D eigenvalue weighted by Crippen LogP contribution is -2.81. The third kappa shape index (κ3) is 3.79. The van der Waals surface area contributed by atoms with Gasteiger partial charge in [-0.3, -0.25) is 9.59 Å². The van der Waals surface area contributed by atoms with Crippen molar-refractivity contribution < 1.29 is 19.1 Å². The van der Waals surface area contributed by atoms with Crippen LogP contribution in [0.25, 0.3) is 0 Å². The van der Waals surface area contributed by atoms with Crippen molar-refractivity contribution in [2.24, 2.45) is 0 Å². The number of methoxy groups -OCH3 is 1. The topological polar surface area (TPSA) is 83.0 Å². The van der Waals surface area contributed by atoms with Crippen molar-refractivity contribution in [1.82, 2.24) is 14.8 Å². The van der Waals surface area contributed by atoms with E-state index in [-0.39, 0.29) is 30.1 Å². The molecule has 32 heavy (non-hydrogen) atoms. The van der Waals surface area contributed by atoms with Crippen molar-refractivity contribution in [3.05, 3.63) is 58.9 Å². The number of ether oxygens (including phenoxy) is 1. The molecule has 2 saturated heterocycles. The van der Waals surface area contributed by atoms with Crippen molar-refractivity contribution in [2.75, 3.05) is 31.6 Å². The van der Waals surface area contributed by atoms with E-state index >= 15 is 0 Å². The number of benzene rings is 1. The second-order valence-corrected chi connectivity index (χ2v) is 8.85. The zero-order valence-electron chi connectivity index (χ0n) is 18.2. The molecule has 2 aromatic rings. The summed E-state index contributed by atoms with van der Waals surface area (Å²) in [6.07, 6.45) is 1.53. The van der Waals surface area contributed by atoms with Crippen LogP contribution in [0.3, 0.4) is 0 Å². The van der Waals surface area contributed by atoms with Crippen molar-refractivity contribution >= 4 is 35.1 Å². The van der Waals surface area contributed by atoms with Crippen LogP contribution >= 0.6 is 11.6 Å². The van der Waals surface area contributed by atoms with Gasteiger partial charge in [-0.05, 0) is 43.7 Å². The highest BCUT2D eigenvalue weighted by molar-refractivity contribution is 6.30. The number of piperazine rings is 1. The molecule has 0 unspecified atom stereocenters. The average molecular weight is 457 g/mol. The SMILES string of the molecule is COC(=O)c1cc(N2CC3(C2)C(=O)N(C(C)C)CC(=O)N3Cc2ccc(Cl)cc2)ccn1. The van der Waals surface area contributed by atoms with Crippen LogP contribution in [-0.2, 0) is 20.9 Å². The molecule has 0 atom stereocenters. The fraction of sp³-hybridized carbons (Fsp3) is 0.391. The van der Waals surface area contributed by atoms with Crippen LogP contribution in [0, 0.1) is 0 Å². The zero-order valence-corrected chi connectivity index (χ0v) is 19.0. The number of halogens is 1. The van der Waals surface area contributed by atoms with Gasteiger partial charge in [0, 0.05) is 29.5 Å². The van der Waals surface area contributed by atoms with Gasteiger partial charge in [0.05, 0.1) is 20.2 Å². The Kier molecular flexibility index (Phi) is 5.81. The molecule has 4 rings (SSSR count). The number of hydrogen-bond donors (Lipinski definition) is 0. The quantitative estimate of drug-likeness (QED) is 0.642. The van der Waals surface area contributed by atoms with Gasteiger partial charge in [-0.15, -0.1) is 0 Å². The van der Waals surface area contributed by atoms with E-state index in [2.05, 4.69) is 4.98 Å². The maximum absolute atomic E-state index is 13.6. The Morgan fingerprint density at radius 1 is 1.19 bits per heavy atom. The van der Waals surface area contributed by atoms with Crippen molar-refractivity contribution in [3.8, 4) is 0 Å². The van der Waals surface area contributed by atoms with Gasteiger partial charge in [-0.1, -0.05) is 23.7 Å².